The largest absolute Gasteiger partial charge is 0.299 e. The second-order valence-corrected chi connectivity index (χ2v) is 3.09. The molecule has 0 aliphatic carbocycles. The van der Waals surface area contributed by atoms with Crippen molar-refractivity contribution in [1.82, 2.24) is 0 Å². The first kappa shape index (κ1) is 10.2. The fourth-order valence-electron chi connectivity index (χ4n) is 0.857. The van der Waals surface area contributed by atoms with E-state index >= 15 is 0 Å². The van der Waals surface area contributed by atoms with E-state index in [0.717, 1.165) is 0 Å². The highest BCUT2D eigenvalue weighted by Gasteiger charge is 2.21. The average molecular weight is 152 g/mol. The molecule has 0 aromatic carbocycles. The molecule has 62 valence electrons. The second kappa shape index (κ2) is 4.12. The molecule has 0 bridgehead atoms. The number of rotatable bonds is 4. The van der Waals surface area contributed by atoms with Crippen LogP contribution in [0.2, 0.25) is 0 Å². The quantitative estimate of drug-likeness (QED) is 0.566. The maximum Gasteiger partial charge on any atom is 0.141 e. The SMILES string of the molecule is C=C/C=C\C(C)(C)C(=O)CC. The Bertz CT molecular complexity index is 175. The van der Waals surface area contributed by atoms with Gasteiger partial charge in [0.25, 0.3) is 0 Å². The van der Waals surface area contributed by atoms with Gasteiger partial charge in [-0.05, 0) is 13.8 Å². The van der Waals surface area contributed by atoms with Crippen molar-refractivity contribution in [3.63, 3.8) is 0 Å². The fourth-order valence-corrected chi connectivity index (χ4v) is 0.857. The molecule has 0 saturated carbocycles. The summed E-state index contributed by atoms with van der Waals surface area (Å²) in [6, 6.07) is 0. The molecule has 0 saturated heterocycles. The Morgan fingerprint density at radius 1 is 1.55 bits per heavy atom. The molecule has 0 heterocycles. The van der Waals surface area contributed by atoms with Crippen molar-refractivity contribution < 1.29 is 4.79 Å². The van der Waals surface area contributed by atoms with Crippen LogP contribution in [0, 0.1) is 5.41 Å². The standard InChI is InChI=1S/C10H16O/c1-5-7-8-10(3,4)9(11)6-2/h5,7-8H,1,6H2,2-4H3/b8-7-. The van der Waals surface area contributed by atoms with Gasteiger partial charge in [-0.15, -0.1) is 0 Å². The molecule has 0 atom stereocenters. The molecule has 1 heteroatoms. The summed E-state index contributed by atoms with van der Waals surface area (Å²) in [7, 11) is 0. The maximum absolute atomic E-state index is 11.3. The molecule has 0 unspecified atom stereocenters. The number of Topliss-reactive ketones (excluding diaryl/α,β-unsaturated/α-hetero) is 1. The van der Waals surface area contributed by atoms with Crippen molar-refractivity contribution in [1.29, 1.82) is 0 Å². The van der Waals surface area contributed by atoms with Crippen molar-refractivity contribution in [2.24, 2.45) is 5.41 Å². The Morgan fingerprint density at radius 3 is 2.45 bits per heavy atom. The minimum Gasteiger partial charge on any atom is -0.299 e. The van der Waals surface area contributed by atoms with Crippen molar-refractivity contribution in [3.8, 4) is 0 Å². The van der Waals surface area contributed by atoms with E-state index < -0.39 is 0 Å². The summed E-state index contributed by atoms with van der Waals surface area (Å²) in [5.41, 5.74) is -0.330. The molecular weight excluding hydrogens is 136 g/mol. The molecule has 0 aromatic rings. The van der Waals surface area contributed by atoms with Crippen molar-refractivity contribution in [2.45, 2.75) is 27.2 Å². The fraction of sp³-hybridized carbons (Fsp3) is 0.500. The van der Waals surface area contributed by atoms with Gasteiger partial charge in [-0.25, -0.2) is 0 Å². The lowest BCUT2D eigenvalue weighted by molar-refractivity contribution is -0.124. The highest BCUT2D eigenvalue weighted by molar-refractivity contribution is 5.85. The van der Waals surface area contributed by atoms with Gasteiger partial charge in [0.05, 0.1) is 0 Å². The number of hydrogen-bond donors (Lipinski definition) is 0. The number of carbonyl (C=O) groups excluding carboxylic acids is 1. The van der Waals surface area contributed by atoms with Gasteiger partial charge in [0.2, 0.25) is 0 Å². The van der Waals surface area contributed by atoms with Crippen LogP contribution in [0.5, 0.6) is 0 Å². The van der Waals surface area contributed by atoms with Gasteiger partial charge in [0.15, 0.2) is 0 Å². The Labute approximate surface area is 68.8 Å². The van der Waals surface area contributed by atoms with Crippen molar-refractivity contribution in [2.75, 3.05) is 0 Å². The maximum atomic E-state index is 11.3. The molecule has 0 aliphatic heterocycles. The Balaban J connectivity index is 4.32. The normalized spacial score (nSPS) is 11.9. The summed E-state index contributed by atoms with van der Waals surface area (Å²) in [5.74, 6) is 0.260. The number of carbonyl (C=O) groups is 1. The first-order valence-corrected chi connectivity index (χ1v) is 3.88. The lowest BCUT2D eigenvalue weighted by Crippen LogP contribution is -2.20. The topological polar surface area (TPSA) is 17.1 Å². The summed E-state index contributed by atoms with van der Waals surface area (Å²) in [4.78, 5) is 11.3. The molecule has 0 spiro atoms. The van der Waals surface area contributed by atoms with E-state index in [4.69, 9.17) is 0 Å². The highest BCUT2D eigenvalue weighted by Crippen LogP contribution is 2.19. The molecule has 0 fully saturated rings. The van der Waals surface area contributed by atoms with Gasteiger partial charge in [-0.3, -0.25) is 4.79 Å². The lowest BCUT2D eigenvalue weighted by Gasteiger charge is -2.16. The zero-order valence-electron chi connectivity index (χ0n) is 7.55. The van der Waals surface area contributed by atoms with E-state index in [1.54, 1.807) is 6.08 Å². The minimum atomic E-state index is -0.330. The molecule has 0 aromatic heterocycles. The van der Waals surface area contributed by atoms with E-state index in [-0.39, 0.29) is 11.2 Å². The van der Waals surface area contributed by atoms with Crippen LogP contribution in [0.15, 0.2) is 24.8 Å². The number of allylic oxidation sites excluding steroid dienone is 3. The Morgan fingerprint density at radius 2 is 2.09 bits per heavy atom. The summed E-state index contributed by atoms with van der Waals surface area (Å²) in [6.07, 6.45) is 5.97. The Hall–Kier alpha value is -0.850. The van der Waals surface area contributed by atoms with Gasteiger partial charge in [0, 0.05) is 11.8 Å². The van der Waals surface area contributed by atoms with Gasteiger partial charge in [0.1, 0.15) is 5.78 Å². The summed E-state index contributed by atoms with van der Waals surface area (Å²) in [6.45, 7) is 9.26. The number of ketones is 1. The van der Waals surface area contributed by atoms with Crippen LogP contribution in [-0.4, -0.2) is 5.78 Å². The zero-order valence-corrected chi connectivity index (χ0v) is 7.55. The van der Waals surface area contributed by atoms with Gasteiger partial charge >= 0.3 is 0 Å². The van der Waals surface area contributed by atoms with E-state index in [2.05, 4.69) is 6.58 Å². The van der Waals surface area contributed by atoms with E-state index in [9.17, 15) is 4.79 Å². The van der Waals surface area contributed by atoms with Crippen LogP contribution in [0.25, 0.3) is 0 Å². The first-order valence-electron chi connectivity index (χ1n) is 3.88. The van der Waals surface area contributed by atoms with Crippen LogP contribution in [0.1, 0.15) is 27.2 Å². The summed E-state index contributed by atoms with van der Waals surface area (Å²) in [5, 5.41) is 0. The van der Waals surface area contributed by atoms with Gasteiger partial charge < -0.3 is 0 Å². The van der Waals surface area contributed by atoms with Crippen LogP contribution < -0.4 is 0 Å². The van der Waals surface area contributed by atoms with Crippen molar-refractivity contribution in [3.05, 3.63) is 24.8 Å². The van der Waals surface area contributed by atoms with Crippen LogP contribution >= 0.6 is 0 Å². The third kappa shape index (κ3) is 3.17. The van der Waals surface area contributed by atoms with Crippen LogP contribution in [-0.2, 0) is 4.79 Å². The monoisotopic (exact) mass is 152 g/mol. The number of hydrogen-bond acceptors (Lipinski definition) is 1. The first-order chi connectivity index (χ1) is 5.04. The lowest BCUT2D eigenvalue weighted by atomic mass is 9.86. The minimum absolute atomic E-state index is 0.260. The molecule has 11 heavy (non-hydrogen) atoms. The smallest absolute Gasteiger partial charge is 0.141 e. The zero-order chi connectivity index (χ0) is 8.91. The molecular formula is C10H16O. The molecule has 0 N–H and O–H groups in total. The third-order valence-corrected chi connectivity index (χ3v) is 1.69. The van der Waals surface area contributed by atoms with Gasteiger partial charge in [-0.1, -0.05) is 31.7 Å². The molecule has 0 amide bonds. The predicted octanol–water partition coefficient (Wildman–Crippen LogP) is 2.73. The molecule has 0 aliphatic rings. The van der Waals surface area contributed by atoms with E-state index in [1.165, 1.54) is 0 Å². The highest BCUT2D eigenvalue weighted by atomic mass is 16.1. The van der Waals surface area contributed by atoms with Crippen LogP contribution in [0.3, 0.4) is 0 Å². The van der Waals surface area contributed by atoms with E-state index in [1.807, 2.05) is 32.9 Å². The van der Waals surface area contributed by atoms with Gasteiger partial charge in [-0.2, -0.15) is 0 Å². The third-order valence-electron chi connectivity index (χ3n) is 1.69. The average Bonchev–Trinajstić information content (AvgIpc) is 1.99. The predicted molar refractivity (Wildman–Crippen MR) is 48.4 cm³/mol. The molecule has 0 rings (SSSR count). The van der Waals surface area contributed by atoms with Crippen LogP contribution in [0.4, 0.5) is 0 Å². The summed E-state index contributed by atoms with van der Waals surface area (Å²) < 4.78 is 0. The summed E-state index contributed by atoms with van der Waals surface area (Å²) >= 11 is 0. The Kier molecular flexibility index (Phi) is 3.80. The van der Waals surface area contributed by atoms with Crippen molar-refractivity contribution >= 4 is 5.78 Å². The molecule has 1 nitrogen and oxygen atoms in total. The molecule has 0 radical (unpaired) electrons. The second-order valence-electron chi connectivity index (χ2n) is 3.09. The van der Waals surface area contributed by atoms with E-state index in [0.29, 0.717) is 6.42 Å².